The third kappa shape index (κ3) is 6.26. The molecule has 9 heteroatoms. The van der Waals surface area contributed by atoms with Crippen LogP contribution in [0.15, 0.2) is 64.6 Å². The van der Waals surface area contributed by atoms with Gasteiger partial charge in [0, 0.05) is 0 Å². The van der Waals surface area contributed by atoms with Gasteiger partial charge in [-0.25, -0.2) is 4.39 Å². The summed E-state index contributed by atoms with van der Waals surface area (Å²) in [5.74, 6) is -0.248. The van der Waals surface area contributed by atoms with Crippen molar-refractivity contribution in [1.29, 1.82) is 5.26 Å². The van der Waals surface area contributed by atoms with Gasteiger partial charge in [-0.05, 0) is 69.5 Å². The fourth-order valence-electron chi connectivity index (χ4n) is 2.85. The van der Waals surface area contributed by atoms with Gasteiger partial charge in [0.2, 0.25) is 0 Å². The molecular weight excluding hydrogens is 534 g/mol. The molecule has 168 valence electrons. The second-order valence-electron chi connectivity index (χ2n) is 6.68. The Hall–Kier alpha value is -3.05. The Labute approximate surface area is 208 Å². The summed E-state index contributed by atoms with van der Waals surface area (Å²) < 4.78 is 25.1. The predicted octanol–water partition coefficient (Wildman–Crippen LogP) is 7.03. The van der Waals surface area contributed by atoms with Crippen molar-refractivity contribution < 1.29 is 18.7 Å². The van der Waals surface area contributed by atoms with Crippen molar-refractivity contribution in [2.24, 2.45) is 0 Å². The van der Waals surface area contributed by atoms with Crippen LogP contribution in [0.4, 0.5) is 10.1 Å². The van der Waals surface area contributed by atoms with E-state index in [9.17, 15) is 14.4 Å². The first-order valence-corrected chi connectivity index (χ1v) is 11.0. The molecule has 3 aromatic carbocycles. The summed E-state index contributed by atoms with van der Waals surface area (Å²) in [6, 6.07) is 16.0. The van der Waals surface area contributed by atoms with E-state index in [-0.39, 0.29) is 33.7 Å². The van der Waals surface area contributed by atoms with Crippen molar-refractivity contribution >= 4 is 56.8 Å². The van der Waals surface area contributed by atoms with E-state index in [2.05, 4.69) is 21.2 Å². The van der Waals surface area contributed by atoms with Gasteiger partial charge in [0.25, 0.3) is 5.91 Å². The van der Waals surface area contributed by atoms with Gasteiger partial charge < -0.3 is 14.8 Å². The van der Waals surface area contributed by atoms with E-state index in [1.165, 1.54) is 25.3 Å². The highest BCUT2D eigenvalue weighted by Gasteiger charge is 2.16. The van der Waals surface area contributed by atoms with E-state index in [1.807, 2.05) is 6.07 Å². The maximum Gasteiger partial charge on any atom is 0.266 e. The summed E-state index contributed by atoms with van der Waals surface area (Å²) in [5.41, 5.74) is 1.29. The number of hydrogen-bond acceptors (Lipinski definition) is 4. The van der Waals surface area contributed by atoms with Gasteiger partial charge in [-0.15, -0.1) is 0 Å². The van der Waals surface area contributed by atoms with E-state index >= 15 is 0 Å². The van der Waals surface area contributed by atoms with E-state index in [1.54, 1.807) is 42.5 Å². The van der Waals surface area contributed by atoms with Gasteiger partial charge in [-0.1, -0.05) is 41.4 Å². The molecule has 3 aromatic rings. The normalized spacial score (nSPS) is 11.0. The molecule has 0 spiro atoms. The molecule has 0 unspecified atom stereocenters. The van der Waals surface area contributed by atoms with Crippen LogP contribution in [-0.2, 0) is 11.4 Å². The zero-order valence-electron chi connectivity index (χ0n) is 17.2. The lowest BCUT2D eigenvalue weighted by Crippen LogP contribution is -2.13. The number of nitrogens with zero attached hydrogens (tertiary/aromatic N) is 1. The van der Waals surface area contributed by atoms with Crippen LogP contribution in [-0.4, -0.2) is 13.0 Å². The largest absolute Gasteiger partial charge is 0.493 e. The monoisotopic (exact) mass is 548 g/mol. The summed E-state index contributed by atoms with van der Waals surface area (Å²) in [4.78, 5) is 12.6. The lowest BCUT2D eigenvalue weighted by Gasteiger charge is -2.14. The molecule has 0 atom stereocenters. The Morgan fingerprint density at radius 2 is 1.97 bits per heavy atom. The maximum absolute atomic E-state index is 13.4. The Balaban J connectivity index is 1.84. The predicted molar refractivity (Wildman–Crippen MR) is 130 cm³/mol. The first kappa shape index (κ1) is 24.6. The van der Waals surface area contributed by atoms with Crippen LogP contribution in [0, 0.1) is 17.1 Å². The minimum atomic E-state index is -0.650. The lowest BCUT2D eigenvalue weighted by atomic mass is 10.1. The number of ether oxygens (including phenoxy) is 2. The Morgan fingerprint density at radius 1 is 1.21 bits per heavy atom. The molecule has 0 radical (unpaired) electrons. The zero-order chi connectivity index (χ0) is 24.0. The van der Waals surface area contributed by atoms with Crippen LogP contribution < -0.4 is 14.8 Å². The highest BCUT2D eigenvalue weighted by molar-refractivity contribution is 9.10. The van der Waals surface area contributed by atoms with Crippen LogP contribution >= 0.6 is 39.1 Å². The van der Waals surface area contributed by atoms with Crippen molar-refractivity contribution in [3.63, 3.8) is 0 Å². The number of amides is 1. The fraction of sp³-hybridized carbons (Fsp3) is 0.0833. The summed E-state index contributed by atoms with van der Waals surface area (Å²) in [5, 5.41) is 12.5. The topological polar surface area (TPSA) is 71.3 Å². The third-order valence-corrected chi connectivity index (χ3v) is 5.81. The second-order valence-corrected chi connectivity index (χ2v) is 8.32. The lowest BCUT2D eigenvalue weighted by molar-refractivity contribution is -0.112. The first-order chi connectivity index (χ1) is 15.8. The Morgan fingerprint density at radius 3 is 2.67 bits per heavy atom. The third-order valence-electron chi connectivity index (χ3n) is 4.40. The number of halogens is 4. The molecule has 1 amide bonds. The number of nitrogens with one attached hydrogen (secondary N) is 1. The number of carbonyl (C=O) groups excluding carboxylic acids is 1. The van der Waals surface area contributed by atoms with E-state index in [4.69, 9.17) is 32.7 Å². The molecule has 1 N–H and O–H groups in total. The van der Waals surface area contributed by atoms with Gasteiger partial charge in [0.15, 0.2) is 11.5 Å². The molecule has 0 bridgehead atoms. The Bertz CT molecular complexity index is 1280. The molecule has 0 heterocycles. The van der Waals surface area contributed by atoms with Crippen LogP contribution in [0.1, 0.15) is 11.1 Å². The molecule has 0 saturated heterocycles. The molecule has 0 saturated carbocycles. The first-order valence-electron chi connectivity index (χ1n) is 9.44. The number of hydrogen-bond donors (Lipinski definition) is 1. The van der Waals surface area contributed by atoms with Crippen LogP contribution in [0.2, 0.25) is 10.0 Å². The fourth-order valence-corrected chi connectivity index (χ4v) is 3.77. The maximum atomic E-state index is 13.4. The Kier molecular flexibility index (Phi) is 8.34. The van der Waals surface area contributed by atoms with Crippen LogP contribution in [0.25, 0.3) is 6.08 Å². The molecule has 0 aliphatic rings. The van der Waals surface area contributed by atoms with Gasteiger partial charge in [0.1, 0.15) is 24.1 Å². The number of methoxy groups -OCH3 is 1. The van der Waals surface area contributed by atoms with Crippen molar-refractivity contribution in [3.8, 4) is 17.6 Å². The van der Waals surface area contributed by atoms with Gasteiger partial charge in [-0.3, -0.25) is 4.79 Å². The molecule has 0 aliphatic heterocycles. The summed E-state index contributed by atoms with van der Waals surface area (Å²) in [7, 11) is 1.46. The van der Waals surface area contributed by atoms with E-state index in [0.29, 0.717) is 27.1 Å². The van der Waals surface area contributed by atoms with E-state index in [0.717, 1.165) is 0 Å². The molecule has 0 aromatic heterocycles. The van der Waals surface area contributed by atoms with Gasteiger partial charge in [-0.2, -0.15) is 5.26 Å². The number of rotatable bonds is 7. The van der Waals surface area contributed by atoms with Crippen molar-refractivity contribution in [1.82, 2.24) is 0 Å². The average Bonchev–Trinajstić information content (AvgIpc) is 2.79. The number of benzene rings is 3. The van der Waals surface area contributed by atoms with Crippen LogP contribution in [0.5, 0.6) is 11.5 Å². The summed E-state index contributed by atoms with van der Waals surface area (Å²) in [6.07, 6.45) is 1.40. The minimum absolute atomic E-state index is 0.119. The highest BCUT2D eigenvalue weighted by atomic mass is 79.9. The number of carbonyl (C=O) groups is 1. The summed E-state index contributed by atoms with van der Waals surface area (Å²) >= 11 is 15.5. The van der Waals surface area contributed by atoms with Crippen molar-refractivity contribution in [3.05, 3.63) is 91.6 Å². The highest BCUT2D eigenvalue weighted by Crippen LogP contribution is 2.38. The summed E-state index contributed by atoms with van der Waals surface area (Å²) in [6.45, 7) is 0.119. The quantitative estimate of drug-likeness (QED) is 0.254. The smallest absolute Gasteiger partial charge is 0.266 e. The molecule has 0 fully saturated rings. The standard InChI is InChI=1S/C24H16BrCl2FN2O3/c1-32-21-11-15(10-18(25)23(21)33-13-14-4-2-5-17(28)9-14)8-16(12-29)24(31)30-20-7-3-6-19(26)22(20)27/h2-11H,13H2,1H3,(H,30,31). The number of anilines is 1. The van der Waals surface area contributed by atoms with Gasteiger partial charge >= 0.3 is 0 Å². The number of nitriles is 1. The second kappa shape index (κ2) is 11.2. The minimum Gasteiger partial charge on any atom is -0.493 e. The van der Waals surface area contributed by atoms with Gasteiger partial charge in [0.05, 0.1) is 27.3 Å². The zero-order valence-corrected chi connectivity index (χ0v) is 20.3. The molecule has 0 aliphatic carbocycles. The van der Waals surface area contributed by atoms with Crippen LogP contribution in [0.3, 0.4) is 0 Å². The molecule has 33 heavy (non-hydrogen) atoms. The molecular formula is C24H16BrCl2FN2O3. The van der Waals surface area contributed by atoms with Crippen molar-refractivity contribution in [2.45, 2.75) is 6.61 Å². The molecule has 5 nitrogen and oxygen atoms in total. The SMILES string of the molecule is COc1cc(C=C(C#N)C(=O)Nc2cccc(Cl)c2Cl)cc(Br)c1OCc1cccc(F)c1. The van der Waals surface area contributed by atoms with Crippen molar-refractivity contribution in [2.75, 3.05) is 12.4 Å². The molecule has 3 rings (SSSR count). The van der Waals surface area contributed by atoms with E-state index < -0.39 is 5.91 Å². The average molecular weight is 550 g/mol.